The largest absolute Gasteiger partial charge is 0.466 e. The predicted molar refractivity (Wildman–Crippen MR) is 221 cm³/mol. The lowest BCUT2D eigenvalue weighted by Crippen LogP contribution is -2.33. The van der Waals surface area contributed by atoms with Crippen LogP contribution in [0.1, 0.15) is 26.3 Å². The minimum atomic E-state index is -0.570. The van der Waals surface area contributed by atoms with Crippen LogP contribution in [0.4, 0.5) is 26.2 Å². The molecule has 0 radical (unpaired) electrons. The molecule has 3 aromatic rings. The van der Waals surface area contributed by atoms with E-state index in [-0.39, 0.29) is 71.6 Å². The van der Waals surface area contributed by atoms with Crippen molar-refractivity contribution in [3.8, 4) is 0 Å². The van der Waals surface area contributed by atoms with Crippen LogP contribution in [0.5, 0.6) is 0 Å². The van der Waals surface area contributed by atoms with E-state index in [1.807, 2.05) is 51.1 Å². The maximum atomic E-state index is 12.1. The van der Waals surface area contributed by atoms with Gasteiger partial charge in [0.2, 0.25) is 0 Å². The van der Waals surface area contributed by atoms with Crippen LogP contribution in [0, 0.1) is 79.3 Å². The second-order valence-electron chi connectivity index (χ2n) is 15.8. The van der Waals surface area contributed by atoms with Crippen molar-refractivity contribution in [1.29, 1.82) is 0 Å². The number of non-ortho nitro benzene ring substituents is 2. The summed E-state index contributed by atoms with van der Waals surface area (Å²) in [6.07, 6.45) is -0.298. The Morgan fingerprint density at radius 2 is 1.03 bits per heavy atom. The molecule has 3 saturated heterocycles. The van der Waals surface area contributed by atoms with Gasteiger partial charge in [-0.2, -0.15) is 0 Å². The second kappa shape index (κ2) is 20.6. The Morgan fingerprint density at radius 1 is 0.613 bits per heavy atom. The summed E-state index contributed by atoms with van der Waals surface area (Å²) < 4.78 is 32.4. The Morgan fingerprint density at radius 3 is 1.47 bits per heavy atom. The van der Waals surface area contributed by atoms with Gasteiger partial charge < -0.3 is 34.1 Å². The highest BCUT2D eigenvalue weighted by atomic mass is 19.1. The molecular formula is C44H52FN5O12. The zero-order valence-corrected chi connectivity index (χ0v) is 34.8. The first kappa shape index (κ1) is 45.4. The topological polar surface area (TPSA) is 210 Å². The number of fused-ring (bicyclic) bond motifs is 3. The van der Waals surface area contributed by atoms with E-state index in [1.165, 1.54) is 12.1 Å². The third-order valence-corrected chi connectivity index (χ3v) is 12.1. The highest BCUT2D eigenvalue weighted by Gasteiger charge is 2.62. The number of benzene rings is 3. The van der Waals surface area contributed by atoms with Crippen molar-refractivity contribution in [2.45, 2.75) is 27.4 Å². The average molecular weight is 862 g/mol. The van der Waals surface area contributed by atoms with Crippen LogP contribution in [0.25, 0.3) is 0 Å². The smallest absolute Gasteiger partial charge is 0.410 e. The molecule has 3 aliphatic carbocycles. The molecule has 6 unspecified atom stereocenters. The van der Waals surface area contributed by atoms with E-state index in [0.717, 1.165) is 61.7 Å². The molecule has 0 spiro atoms. The summed E-state index contributed by atoms with van der Waals surface area (Å²) in [5.41, 5.74) is 1.95. The Bertz CT molecular complexity index is 2020. The van der Waals surface area contributed by atoms with Gasteiger partial charge in [0.1, 0.15) is 12.4 Å². The minimum absolute atomic E-state index is 0.0110. The summed E-state index contributed by atoms with van der Waals surface area (Å²) in [4.78, 5) is 70.0. The highest BCUT2D eigenvalue weighted by molar-refractivity contribution is 5.79. The second-order valence-corrected chi connectivity index (χ2v) is 15.8. The zero-order chi connectivity index (χ0) is 44.5. The molecule has 1 N–H and O–H groups in total. The number of carbonyl (C=O) groups excluding carboxylic acids is 4. The van der Waals surface area contributed by atoms with Gasteiger partial charge in [-0.15, -0.1) is 0 Å². The molecule has 1 amide bonds. The number of nitrogens with zero attached hydrogens (tertiary/aromatic N) is 4. The number of likely N-dealkylation sites (tertiary alicyclic amines) is 1. The summed E-state index contributed by atoms with van der Waals surface area (Å²) >= 11 is 0. The molecule has 6 fully saturated rings. The van der Waals surface area contributed by atoms with Gasteiger partial charge in [0, 0.05) is 56.1 Å². The van der Waals surface area contributed by atoms with Gasteiger partial charge in [-0.05, 0) is 99.2 Å². The third kappa shape index (κ3) is 11.2. The van der Waals surface area contributed by atoms with Crippen molar-refractivity contribution < 1.29 is 52.4 Å². The summed E-state index contributed by atoms with van der Waals surface area (Å²) in [5.74, 6) is 2.09. The van der Waals surface area contributed by atoms with Crippen LogP contribution in [0.2, 0.25) is 0 Å². The number of halogens is 1. The van der Waals surface area contributed by atoms with Gasteiger partial charge in [-0.1, -0.05) is 30.3 Å². The number of nitro groups is 2. The Kier molecular flexibility index (Phi) is 15.1. The molecule has 62 heavy (non-hydrogen) atoms. The van der Waals surface area contributed by atoms with Crippen molar-refractivity contribution in [2.75, 3.05) is 64.0 Å². The number of piperidine rings is 3. The molecule has 17 nitrogen and oxygen atoms in total. The summed E-state index contributed by atoms with van der Waals surface area (Å²) in [7, 11) is 0. The highest BCUT2D eigenvalue weighted by Crippen LogP contribution is 2.54. The molecule has 3 aromatic carbocycles. The molecule has 6 atom stereocenters. The first-order valence-corrected chi connectivity index (χ1v) is 20.9. The van der Waals surface area contributed by atoms with Gasteiger partial charge in [0.15, 0.2) is 0 Å². The van der Waals surface area contributed by atoms with Crippen molar-refractivity contribution >= 4 is 41.1 Å². The Labute approximate surface area is 358 Å². The van der Waals surface area contributed by atoms with Gasteiger partial charge in [-0.3, -0.25) is 34.6 Å². The van der Waals surface area contributed by atoms with E-state index in [0.29, 0.717) is 56.6 Å². The molecule has 3 saturated carbocycles. The number of esters is 3. The molecule has 6 aliphatic rings. The number of anilines is 1. The van der Waals surface area contributed by atoms with Crippen molar-refractivity contribution in [2.24, 2.45) is 53.3 Å². The summed E-state index contributed by atoms with van der Waals surface area (Å²) in [5, 5.41) is 23.8. The zero-order valence-electron chi connectivity index (χ0n) is 34.8. The number of hydrogen-bond acceptors (Lipinski definition) is 14. The van der Waals surface area contributed by atoms with E-state index in [2.05, 4.69) is 10.2 Å². The number of nitro benzene ring substituents is 2. The molecule has 3 heterocycles. The van der Waals surface area contributed by atoms with Crippen molar-refractivity contribution in [3.63, 3.8) is 0 Å². The van der Waals surface area contributed by atoms with Gasteiger partial charge in [0.05, 0.1) is 47.4 Å². The maximum Gasteiger partial charge on any atom is 0.410 e. The first-order valence-electron chi connectivity index (χ1n) is 20.9. The number of carbonyl (C=O) groups is 4. The number of hydrogen-bond donors (Lipinski definition) is 1. The summed E-state index contributed by atoms with van der Waals surface area (Å²) in [6, 6.07) is 20.5. The van der Waals surface area contributed by atoms with Crippen LogP contribution in [0.3, 0.4) is 0 Å². The molecule has 9 rings (SSSR count). The molecule has 18 heteroatoms. The molecule has 3 aliphatic heterocycles. The number of ether oxygens (including phenoxy) is 4. The van der Waals surface area contributed by atoms with E-state index >= 15 is 0 Å². The minimum Gasteiger partial charge on any atom is -0.466 e. The quantitative estimate of drug-likeness (QED) is 0.107. The van der Waals surface area contributed by atoms with E-state index in [1.54, 1.807) is 17.0 Å². The SMILES string of the molecule is CCOC(=O)C1C2CN(C(=O)OCc3ccccc3)CC21.CCOC(=O)C1C2CN(c3ccc([N+](=O)[O-])cc3)CC21.CCOC(=O)C1C2CNCC21.O=[N+]([O-])c1ccc(F)cc1. The lowest BCUT2D eigenvalue weighted by Gasteiger charge is -2.21. The lowest BCUT2D eigenvalue weighted by molar-refractivity contribution is -0.385. The standard InChI is InChI=1S/C16H19NO4.C14H16N2O4.C8H13NO2.C6H4FNO2/c1-2-20-15(18)14-12-8-17(9-13(12)14)16(19)21-10-11-6-4-3-5-7-11;1-2-20-14(17)13-11-7-15(8-12(11)13)9-3-5-10(6-4-9)16(18)19;1-2-11-8(10)7-5-3-9-4-6(5)7;7-5-1-3-6(4-2-5)8(9)10/h3-7,12-14H,2,8-10H2,1H3;3-6,11-13H,2,7-8H2,1H3;5-7,9H,2-4H2,1H3;1-4H. The van der Waals surface area contributed by atoms with E-state index in [9.17, 15) is 43.8 Å². The fourth-order valence-electron chi connectivity index (χ4n) is 8.75. The first-order chi connectivity index (χ1) is 29.9. The van der Waals surface area contributed by atoms with Crippen LogP contribution >= 0.6 is 0 Å². The van der Waals surface area contributed by atoms with Crippen LogP contribution in [0.15, 0.2) is 78.9 Å². The molecule has 0 aromatic heterocycles. The lowest BCUT2D eigenvalue weighted by atomic mass is 10.2. The van der Waals surface area contributed by atoms with Gasteiger partial charge in [-0.25, -0.2) is 9.18 Å². The third-order valence-electron chi connectivity index (χ3n) is 12.1. The molecule has 332 valence electrons. The Hall–Kier alpha value is -6.17. The fourth-order valence-corrected chi connectivity index (χ4v) is 8.75. The van der Waals surface area contributed by atoms with Crippen molar-refractivity contribution in [3.05, 3.63) is 110 Å². The van der Waals surface area contributed by atoms with Gasteiger partial charge >= 0.3 is 24.0 Å². The predicted octanol–water partition coefficient (Wildman–Crippen LogP) is 5.65. The van der Waals surface area contributed by atoms with E-state index in [4.69, 9.17) is 18.9 Å². The average Bonchev–Trinajstić information content (AvgIpc) is 4.12. The Balaban J connectivity index is 0.000000145. The monoisotopic (exact) mass is 861 g/mol. The fraction of sp³-hybridized carbons (Fsp3) is 0.500. The number of amides is 1. The normalized spacial score (nSPS) is 26.2. The maximum absolute atomic E-state index is 12.1. The number of nitrogens with one attached hydrogen (secondary N) is 1. The van der Waals surface area contributed by atoms with E-state index < -0.39 is 15.7 Å². The van der Waals surface area contributed by atoms with Crippen LogP contribution < -0.4 is 10.2 Å². The van der Waals surface area contributed by atoms with Crippen LogP contribution in [-0.2, 0) is 39.9 Å². The van der Waals surface area contributed by atoms with Gasteiger partial charge in [0.25, 0.3) is 11.4 Å². The molecule has 0 bridgehead atoms. The molecular weight excluding hydrogens is 810 g/mol. The summed E-state index contributed by atoms with van der Waals surface area (Å²) in [6.45, 7) is 12.0. The van der Waals surface area contributed by atoms with Crippen LogP contribution in [-0.4, -0.2) is 97.8 Å². The van der Waals surface area contributed by atoms with Crippen molar-refractivity contribution in [1.82, 2.24) is 10.2 Å². The number of rotatable bonds is 11.